The number of rotatable bonds is 2. The van der Waals surface area contributed by atoms with Crippen molar-refractivity contribution in [3.8, 4) is 0 Å². The molecule has 1 aliphatic heterocycles. The quantitative estimate of drug-likeness (QED) is 0.773. The normalized spacial score (nSPS) is 24.8. The van der Waals surface area contributed by atoms with E-state index in [0.717, 1.165) is 19.6 Å². The predicted molar refractivity (Wildman–Crippen MR) is 81.2 cm³/mol. The van der Waals surface area contributed by atoms with Gasteiger partial charge in [-0.2, -0.15) is 0 Å². The summed E-state index contributed by atoms with van der Waals surface area (Å²) in [7, 11) is 0. The van der Waals surface area contributed by atoms with Crippen LogP contribution < -0.4 is 0 Å². The highest BCUT2D eigenvalue weighted by atomic mass is 16.2. The zero-order valence-electron chi connectivity index (χ0n) is 13.0. The molecule has 0 atom stereocenters. The van der Waals surface area contributed by atoms with Crippen LogP contribution in [-0.2, 0) is 4.79 Å². The van der Waals surface area contributed by atoms with Crippen molar-refractivity contribution < 1.29 is 4.79 Å². The lowest BCUT2D eigenvalue weighted by atomic mass is 9.92. The fourth-order valence-electron chi connectivity index (χ4n) is 3.67. The highest BCUT2D eigenvalue weighted by Crippen LogP contribution is 2.45. The van der Waals surface area contributed by atoms with E-state index in [4.69, 9.17) is 0 Å². The van der Waals surface area contributed by atoms with Crippen molar-refractivity contribution in [1.29, 1.82) is 0 Å². The summed E-state index contributed by atoms with van der Waals surface area (Å²) in [6, 6.07) is 0. The fourth-order valence-corrected chi connectivity index (χ4v) is 3.67. The van der Waals surface area contributed by atoms with Crippen LogP contribution in [0.15, 0.2) is 23.4 Å². The lowest BCUT2D eigenvalue weighted by Gasteiger charge is -2.44. The molecule has 0 aromatic carbocycles. The van der Waals surface area contributed by atoms with Crippen molar-refractivity contribution in [1.82, 2.24) is 9.80 Å². The molecule has 20 heavy (non-hydrogen) atoms. The molecule has 0 unspecified atom stereocenters. The van der Waals surface area contributed by atoms with E-state index in [-0.39, 0.29) is 11.4 Å². The van der Waals surface area contributed by atoms with E-state index in [9.17, 15) is 4.79 Å². The van der Waals surface area contributed by atoms with Crippen LogP contribution in [0.1, 0.15) is 46.5 Å². The lowest BCUT2D eigenvalue weighted by Crippen LogP contribution is -2.56. The molecule has 0 radical (unpaired) electrons. The number of amides is 1. The predicted octanol–water partition coefficient (Wildman–Crippen LogP) is 2.94. The van der Waals surface area contributed by atoms with Crippen LogP contribution in [0.3, 0.4) is 0 Å². The summed E-state index contributed by atoms with van der Waals surface area (Å²) < 4.78 is 0. The van der Waals surface area contributed by atoms with Crippen molar-refractivity contribution in [3.05, 3.63) is 23.4 Å². The third kappa shape index (κ3) is 2.38. The number of carbonyl (C=O) groups is 1. The molecule has 1 saturated carbocycles. The molecule has 3 nitrogen and oxygen atoms in total. The summed E-state index contributed by atoms with van der Waals surface area (Å²) in [5, 5.41) is 0. The van der Waals surface area contributed by atoms with Gasteiger partial charge in [0.2, 0.25) is 5.91 Å². The highest BCUT2D eigenvalue weighted by molar-refractivity contribution is 5.75. The number of nitrogens with zero attached hydrogens (tertiary/aromatic N) is 2. The van der Waals surface area contributed by atoms with Gasteiger partial charge < -0.3 is 9.80 Å². The Kier molecular flexibility index (Phi) is 3.39. The molecular formula is C17H26N2O. The van der Waals surface area contributed by atoms with E-state index in [2.05, 4.69) is 35.8 Å². The zero-order valence-corrected chi connectivity index (χ0v) is 13.0. The second-order valence-electron chi connectivity index (χ2n) is 6.87. The van der Waals surface area contributed by atoms with Crippen molar-refractivity contribution in [3.63, 3.8) is 0 Å². The van der Waals surface area contributed by atoms with Gasteiger partial charge in [-0.3, -0.25) is 4.79 Å². The summed E-state index contributed by atoms with van der Waals surface area (Å²) in [6.45, 7) is 9.20. The summed E-state index contributed by atoms with van der Waals surface area (Å²) in [5.74, 6) is 0.916. The highest BCUT2D eigenvalue weighted by Gasteiger charge is 2.52. The molecule has 3 aliphatic rings. The minimum Gasteiger partial charge on any atom is -0.371 e. The van der Waals surface area contributed by atoms with Crippen LogP contribution in [0.25, 0.3) is 0 Å². The van der Waals surface area contributed by atoms with Crippen LogP contribution in [0, 0.1) is 5.92 Å². The summed E-state index contributed by atoms with van der Waals surface area (Å²) in [5.41, 5.74) is 3.22. The molecule has 0 aromatic rings. The summed E-state index contributed by atoms with van der Waals surface area (Å²) >= 11 is 0. The van der Waals surface area contributed by atoms with E-state index in [1.165, 1.54) is 31.4 Å². The van der Waals surface area contributed by atoms with E-state index < -0.39 is 0 Å². The van der Waals surface area contributed by atoms with Crippen LogP contribution in [-0.4, -0.2) is 40.9 Å². The first-order valence-corrected chi connectivity index (χ1v) is 7.95. The number of piperazine rings is 1. The van der Waals surface area contributed by atoms with Crippen molar-refractivity contribution >= 4 is 5.91 Å². The van der Waals surface area contributed by atoms with Crippen molar-refractivity contribution in [2.75, 3.05) is 19.6 Å². The molecule has 1 spiro atoms. The van der Waals surface area contributed by atoms with Gasteiger partial charge in [0.1, 0.15) is 0 Å². The van der Waals surface area contributed by atoms with E-state index in [0.29, 0.717) is 5.92 Å². The van der Waals surface area contributed by atoms with Crippen LogP contribution in [0.4, 0.5) is 0 Å². The van der Waals surface area contributed by atoms with Crippen molar-refractivity contribution in [2.45, 2.75) is 52.0 Å². The summed E-state index contributed by atoms with van der Waals surface area (Å²) in [4.78, 5) is 16.4. The molecule has 1 heterocycles. The molecule has 1 saturated heterocycles. The molecule has 0 aromatic heterocycles. The number of allylic oxidation sites excluding steroid dienone is 4. The lowest BCUT2D eigenvalue weighted by molar-refractivity contribution is -0.134. The molecule has 3 heteroatoms. The van der Waals surface area contributed by atoms with Crippen LogP contribution in [0.5, 0.6) is 0 Å². The second-order valence-corrected chi connectivity index (χ2v) is 6.87. The molecule has 0 N–H and O–H groups in total. The minimum absolute atomic E-state index is 0.174. The molecule has 2 aliphatic carbocycles. The van der Waals surface area contributed by atoms with Gasteiger partial charge in [0, 0.05) is 32.3 Å². The standard InChI is InChI=1S/C17H26N2O/c1-13(2)15-4-6-16(7-5-15)18-10-11-19(14(3)20)17(12-18)8-9-17/h4,6,13H,5,7-12H2,1-3H3. The Morgan fingerprint density at radius 3 is 2.45 bits per heavy atom. The fraction of sp³-hybridized carbons (Fsp3) is 0.706. The topological polar surface area (TPSA) is 23.6 Å². The molecule has 0 bridgehead atoms. The third-order valence-corrected chi connectivity index (χ3v) is 5.17. The minimum atomic E-state index is 0.174. The van der Waals surface area contributed by atoms with E-state index >= 15 is 0 Å². The maximum Gasteiger partial charge on any atom is 0.220 e. The average Bonchev–Trinajstić information content (AvgIpc) is 3.18. The Hall–Kier alpha value is -1.25. The Morgan fingerprint density at radius 2 is 1.95 bits per heavy atom. The van der Waals surface area contributed by atoms with Gasteiger partial charge >= 0.3 is 0 Å². The Balaban J connectivity index is 1.70. The molecule has 3 rings (SSSR count). The number of carbonyl (C=O) groups excluding carboxylic acids is 1. The van der Waals surface area contributed by atoms with Gasteiger partial charge in [-0.1, -0.05) is 25.5 Å². The SMILES string of the molecule is CC(=O)N1CCN(C2=CC=C(C(C)C)CC2)CC12CC2. The third-order valence-electron chi connectivity index (χ3n) is 5.17. The first-order chi connectivity index (χ1) is 9.52. The van der Waals surface area contributed by atoms with Gasteiger partial charge in [-0.15, -0.1) is 0 Å². The van der Waals surface area contributed by atoms with Gasteiger partial charge in [0.15, 0.2) is 0 Å². The second kappa shape index (κ2) is 4.94. The van der Waals surface area contributed by atoms with Gasteiger partial charge in [-0.25, -0.2) is 0 Å². The number of hydrogen-bond donors (Lipinski definition) is 0. The molecule has 1 amide bonds. The number of hydrogen-bond acceptors (Lipinski definition) is 2. The Bertz CT molecular complexity index is 471. The first-order valence-electron chi connectivity index (χ1n) is 7.95. The van der Waals surface area contributed by atoms with Gasteiger partial charge in [0.25, 0.3) is 0 Å². The molecule has 2 fully saturated rings. The zero-order chi connectivity index (χ0) is 14.3. The Morgan fingerprint density at radius 1 is 1.20 bits per heavy atom. The largest absolute Gasteiger partial charge is 0.371 e. The maximum absolute atomic E-state index is 11.7. The Labute approximate surface area is 122 Å². The maximum atomic E-state index is 11.7. The van der Waals surface area contributed by atoms with Crippen LogP contribution >= 0.6 is 0 Å². The van der Waals surface area contributed by atoms with Crippen LogP contribution in [0.2, 0.25) is 0 Å². The average molecular weight is 274 g/mol. The first kappa shape index (κ1) is 13.7. The summed E-state index contributed by atoms with van der Waals surface area (Å²) in [6.07, 6.45) is 9.37. The molecular weight excluding hydrogens is 248 g/mol. The van der Waals surface area contributed by atoms with Gasteiger partial charge in [0.05, 0.1) is 5.54 Å². The van der Waals surface area contributed by atoms with Gasteiger partial charge in [-0.05, 0) is 37.7 Å². The van der Waals surface area contributed by atoms with Crippen molar-refractivity contribution in [2.24, 2.45) is 5.92 Å². The molecule has 110 valence electrons. The smallest absolute Gasteiger partial charge is 0.220 e. The van der Waals surface area contributed by atoms with E-state index in [1.54, 1.807) is 12.5 Å². The van der Waals surface area contributed by atoms with E-state index in [1.807, 2.05) is 0 Å². The monoisotopic (exact) mass is 274 g/mol.